The average Bonchev–Trinajstić information content (AvgIpc) is 2.76. The number of carbonyl (C=O) groups is 1. The lowest BCUT2D eigenvalue weighted by Crippen LogP contribution is -2.22. The van der Waals surface area contributed by atoms with E-state index in [1.165, 1.54) is 0 Å². The van der Waals surface area contributed by atoms with Crippen molar-refractivity contribution in [2.24, 2.45) is 0 Å². The van der Waals surface area contributed by atoms with E-state index in [1.54, 1.807) is 12.1 Å². The van der Waals surface area contributed by atoms with Crippen molar-refractivity contribution in [3.05, 3.63) is 120 Å². The molecule has 0 aliphatic carbocycles. The topological polar surface area (TPSA) is 49.3 Å². The van der Waals surface area contributed by atoms with Gasteiger partial charge in [0.25, 0.3) is 0 Å². The Balaban J connectivity index is 1.73. The maximum absolute atomic E-state index is 13.4. The Kier molecular flexibility index (Phi) is 5.39. The second kappa shape index (κ2) is 8.44. The van der Waals surface area contributed by atoms with E-state index in [0.717, 1.165) is 22.3 Å². The zero-order valence-electron chi connectivity index (χ0n) is 15.8. The van der Waals surface area contributed by atoms with E-state index in [0.29, 0.717) is 5.69 Å². The second-order valence-electron chi connectivity index (χ2n) is 6.84. The van der Waals surface area contributed by atoms with Crippen molar-refractivity contribution in [3.8, 4) is 16.9 Å². The molecule has 0 fully saturated rings. The van der Waals surface area contributed by atoms with Gasteiger partial charge in [0.2, 0.25) is 5.91 Å². The molecule has 0 unspecified atom stereocenters. The first-order chi connectivity index (χ1) is 14.2. The first-order valence-electron chi connectivity index (χ1n) is 9.51. The minimum atomic E-state index is -0.455. The molecule has 2 N–H and O–H groups in total. The van der Waals surface area contributed by atoms with Crippen LogP contribution in [0.25, 0.3) is 11.1 Å². The van der Waals surface area contributed by atoms with Gasteiger partial charge in [0.1, 0.15) is 5.75 Å². The van der Waals surface area contributed by atoms with E-state index in [-0.39, 0.29) is 11.7 Å². The Morgan fingerprint density at radius 1 is 0.690 bits per heavy atom. The van der Waals surface area contributed by atoms with Crippen LogP contribution in [0.3, 0.4) is 0 Å². The van der Waals surface area contributed by atoms with Crippen LogP contribution >= 0.6 is 0 Å². The van der Waals surface area contributed by atoms with Gasteiger partial charge in [0.15, 0.2) is 0 Å². The number of hydrogen-bond donors (Lipinski definition) is 2. The molecule has 0 atom stereocenters. The molecule has 0 spiro atoms. The van der Waals surface area contributed by atoms with E-state index in [4.69, 9.17) is 0 Å². The first-order valence-corrected chi connectivity index (χ1v) is 9.51. The molecular formula is C26H21NO2. The largest absolute Gasteiger partial charge is 0.508 e. The third-order valence-electron chi connectivity index (χ3n) is 4.87. The van der Waals surface area contributed by atoms with Crippen molar-refractivity contribution in [3.63, 3.8) is 0 Å². The molecule has 3 heteroatoms. The molecular weight excluding hydrogens is 358 g/mol. The number of anilines is 1. The maximum atomic E-state index is 13.4. The predicted molar refractivity (Wildman–Crippen MR) is 117 cm³/mol. The molecule has 4 aromatic carbocycles. The van der Waals surface area contributed by atoms with Gasteiger partial charge in [-0.1, -0.05) is 91.0 Å². The lowest BCUT2D eigenvalue weighted by molar-refractivity contribution is -0.116. The van der Waals surface area contributed by atoms with Crippen LogP contribution in [0.2, 0.25) is 0 Å². The monoisotopic (exact) mass is 379 g/mol. The minimum Gasteiger partial charge on any atom is -0.508 e. The summed E-state index contributed by atoms with van der Waals surface area (Å²) in [6.45, 7) is 0. The van der Waals surface area contributed by atoms with Crippen molar-refractivity contribution in [2.45, 2.75) is 5.92 Å². The highest BCUT2D eigenvalue weighted by Gasteiger charge is 2.23. The van der Waals surface area contributed by atoms with Gasteiger partial charge in [0.05, 0.1) is 11.6 Å². The van der Waals surface area contributed by atoms with E-state index < -0.39 is 5.92 Å². The Hall–Kier alpha value is -3.85. The molecule has 3 nitrogen and oxygen atoms in total. The minimum absolute atomic E-state index is 0.107. The van der Waals surface area contributed by atoms with Crippen molar-refractivity contribution >= 4 is 11.6 Å². The molecule has 1 amide bonds. The SMILES string of the molecule is O=C(Nc1cc(O)ccc1-c1ccccc1)C(c1ccccc1)c1ccccc1. The van der Waals surface area contributed by atoms with Crippen LogP contribution < -0.4 is 5.32 Å². The number of carbonyl (C=O) groups excluding carboxylic acids is 1. The number of amides is 1. The van der Waals surface area contributed by atoms with Gasteiger partial charge in [-0.15, -0.1) is 0 Å². The Morgan fingerprint density at radius 2 is 1.21 bits per heavy atom. The zero-order chi connectivity index (χ0) is 20.1. The first kappa shape index (κ1) is 18.5. The number of phenolic OH excluding ortho intramolecular Hbond substituents is 1. The van der Waals surface area contributed by atoms with Crippen LogP contribution in [0, 0.1) is 0 Å². The highest BCUT2D eigenvalue weighted by molar-refractivity contribution is 6.01. The molecule has 4 aromatic rings. The molecule has 0 aliphatic heterocycles. The second-order valence-corrected chi connectivity index (χ2v) is 6.84. The van der Waals surface area contributed by atoms with Gasteiger partial charge < -0.3 is 10.4 Å². The van der Waals surface area contributed by atoms with Crippen molar-refractivity contribution in [1.82, 2.24) is 0 Å². The van der Waals surface area contributed by atoms with E-state index >= 15 is 0 Å². The molecule has 142 valence electrons. The molecule has 0 saturated heterocycles. The van der Waals surface area contributed by atoms with Gasteiger partial charge in [0, 0.05) is 11.6 Å². The lowest BCUT2D eigenvalue weighted by Gasteiger charge is -2.19. The number of aromatic hydroxyl groups is 1. The van der Waals surface area contributed by atoms with Crippen molar-refractivity contribution < 1.29 is 9.90 Å². The molecule has 0 aromatic heterocycles. The van der Waals surface area contributed by atoms with Crippen LogP contribution in [0.4, 0.5) is 5.69 Å². The van der Waals surface area contributed by atoms with Gasteiger partial charge in [-0.2, -0.15) is 0 Å². The average molecular weight is 379 g/mol. The lowest BCUT2D eigenvalue weighted by atomic mass is 9.90. The number of phenols is 1. The Labute approximate surface area is 170 Å². The van der Waals surface area contributed by atoms with E-state index in [2.05, 4.69) is 5.32 Å². The number of hydrogen-bond acceptors (Lipinski definition) is 2. The highest BCUT2D eigenvalue weighted by Crippen LogP contribution is 2.33. The summed E-state index contributed by atoms with van der Waals surface area (Å²) >= 11 is 0. The smallest absolute Gasteiger partial charge is 0.236 e. The number of rotatable bonds is 5. The fraction of sp³-hybridized carbons (Fsp3) is 0.0385. The van der Waals surface area contributed by atoms with E-state index in [1.807, 2.05) is 97.1 Å². The maximum Gasteiger partial charge on any atom is 0.236 e. The normalized spacial score (nSPS) is 10.7. The van der Waals surface area contributed by atoms with Crippen LogP contribution in [0.5, 0.6) is 5.75 Å². The summed E-state index contributed by atoms with van der Waals surface area (Å²) in [7, 11) is 0. The van der Waals surface area contributed by atoms with Crippen LogP contribution in [-0.2, 0) is 4.79 Å². The standard InChI is InChI=1S/C26H21NO2/c28-22-16-17-23(19-10-4-1-5-11-19)24(18-22)27-26(29)25(20-12-6-2-7-13-20)21-14-8-3-9-15-21/h1-18,25,28H,(H,27,29). The van der Waals surface area contributed by atoms with Crippen LogP contribution in [0.15, 0.2) is 109 Å². The predicted octanol–water partition coefficient (Wildman–Crippen LogP) is 5.83. The molecule has 0 bridgehead atoms. The molecule has 0 aliphatic rings. The van der Waals surface area contributed by atoms with Gasteiger partial charge in [-0.25, -0.2) is 0 Å². The summed E-state index contributed by atoms with van der Waals surface area (Å²) < 4.78 is 0. The van der Waals surface area contributed by atoms with Gasteiger partial charge in [-0.05, 0) is 28.8 Å². The fourth-order valence-electron chi connectivity index (χ4n) is 3.50. The third kappa shape index (κ3) is 4.19. The van der Waals surface area contributed by atoms with Crippen molar-refractivity contribution in [1.29, 1.82) is 0 Å². The highest BCUT2D eigenvalue weighted by atomic mass is 16.3. The summed E-state index contributed by atoms with van der Waals surface area (Å²) in [6.07, 6.45) is 0. The summed E-state index contributed by atoms with van der Waals surface area (Å²) in [5.74, 6) is -0.496. The van der Waals surface area contributed by atoms with Gasteiger partial charge >= 0.3 is 0 Å². The summed E-state index contributed by atoms with van der Waals surface area (Å²) in [5, 5.41) is 13.1. The molecule has 0 heterocycles. The molecule has 4 rings (SSSR count). The molecule has 0 saturated carbocycles. The van der Waals surface area contributed by atoms with E-state index in [9.17, 15) is 9.90 Å². The van der Waals surface area contributed by atoms with Crippen LogP contribution in [0.1, 0.15) is 17.0 Å². The summed E-state index contributed by atoms with van der Waals surface area (Å²) in [6, 6.07) is 34.3. The molecule has 29 heavy (non-hydrogen) atoms. The quantitative estimate of drug-likeness (QED) is 0.458. The summed E-state index contributed by atoms with van der Waals surface area (Å²) in [5.41, 5.74) is 4.24. The van der Waals surface area contributed by atoms with Gasteiger partial charge in [-0.3, -0.25) is 4.79 Å². The van der Waals surface area contributed by atoms with Crippen LogP contribution in [-0.4, -0.2) is 11.0 Å². The zero-order valence-corrected chi connectivity index (χ0v) is 15.8. The summed E-state index contributed by atoms with van der Waals surface area (Å²) in [4.78, 5) is 13.4. The third-order valence-corrected chi connectivity index (χ3v) is 4.87. The number of nitrogens with one attached hydrogen (secondary N) is 1. The van der Waals surface area contributed by atoms with Crippen molar-refractivity contribution in [2.75, 3.05) is 5.32 Å². The Bertz CT molecular complexity index is 1050. The Morgan fingerprint density at radius 3 is 1.76 bits per heavy atom. The molecule has 0 radical (unpaired) electrons. The fourth-order valence-corrected chi connectivity index (χ4v) is 3.50. The number of benzene rings is 4.